The second-order valence-corrected chi connectivity index (χ2v) is 9.25. The van der Waals surface area contributed by atoms with Crippen molar-refractivity contribution in [2.24, 2.45) is 5.14 Å². The summed E-state index contributed by atoms with van der Waals surface area (Å²) in [6, 6.07) is 7.89. The van der Waals surface area contributed by atoms with E-state index in [-0.39, 0.29) is 24.7 Å². The lowest BCUT2D eigenvalue weighted by molar-refractivity contribution is 0.101. The number of Topliss-reactive ketones (excluding diaryl/α,β-unsaturated/α-hetero) is 1. The molecular weight excluding hydrogens is 334 g/mol. The molecule has 0 fully saturated rings. The molecule has 1 aromatic carbocycles. The van der Waals surface area contributed by atoms with E-state index in [2.05, 4.69) is 0 Å². The Morgan fingerprint density at radius 3 is 2.19 bits per heavy atom. The van der Waals surface area contributed by atoms with Gasteiger partial charge < -0.3 is 0 Å². The number of carbonyl (C=O) groups excluding carboxylic acids is 1. The Kier molecular flexibility index (Phi) is 4.02. The zero-order chi connectivity index (χ0) is 15.8. The fourth-order valence-electron chi connectivity index (χ4n) is 1.60. The Labute approximate surface area is 126 Å². The topological polar surface area (TPSA) is 111 Å². The van der Waals surface area contributed by atoms with Crippen molar-refractivity contribution in [2.45, 2.75) is 20.2 Å². The number of sulfonamides is 1. The number of carbonyl (C=O) groups is 1. The van der Waals surface area contributed by atoms with Gasteiger partial charge in [0.25, 0.3) is 0 Å². The van der Waals surface area contributed by atoms with Crippen LogP contribution in [0, 0.1) is 0 Å². The van der Waals surface area contributed by atoms with Gasteiger partial charge in [-0.15, -0.1) is 11.3 Å². The van der Waals surface area contributed by atoms with Crippen molar-refractivity contribution in [2.75, 3.05) is 0 Å². The van der Waals surface area contributed by atoms with Crippen molar-refractivity contribution >= 4 is 37.0 Å². The number of ketones is 1. The van der Waals surface area contributed by atoms with Crippen LogP contribution in [-0.4, -0.2) is 22.6 Å². The van der Waals surface area contributed by atoms with Gasteiger partial charge in [0.2, 0.25) is 19.9 Å². The summed E-state index contributed by atoms with van der Waals surface area (Å²) in [6.07, 6.45) is 0. The van der Waals surface area contributed by atoms with Gasteiger partial charge in [0.15, 0.2) is 5.78 Å². The number of primary sulfonamides is 1. The molecule has 0 saturated carbocycles. The maximum Gasteiger partial charge on any atom is 0.247 e. The van der Waals surface area contributed by atoms with Gasteiger partial charge in [0.05, 0.1) is 4.90 Å². The van der Waals surface area contributed by atoms with Gasteiger partial charge in [-0.1, -0.05) is 12.1 Å². The molecule has 2 aromatic rings. The van der Waals surface area contributed by atoms with E-state index < -0.39 is 19.9 Å². The first kappa shape index (κ1) is 15.8. The lowest BCUT2D eigenvalue weighted by Gasteiger charge is -2.03. The van der Waals surface area contributed by atoms with Crippen molar-refractivity contribution in [1.29, 1.82) is 0 Å². The second-order valence-electron chi connectivity index (χ2n) is 4.21. The molecular formula is C12H11NO5S3. The first-order valence-corrected chi connectivity index (χ1v) is 9.46. The quantitative estimate of drug-likeness (QED) is 0.843. The molecule has 0 aliphatic heterocycles. The Morgan fingerprint density at radius 2 is 1.67 bits per heavy atom. The monoisotopic (exact) mass is 345 g/mol. The smallest absolute Gasteiger partial charge is 0.247 e. The summed E-state index contributed by atoms with van der Waals surface area (Å²) < 4.78 is 46.8. The third-order valence-electron chi connectivity index (χ3n) is 2.65. The molecule has 2 N–H and O–H groups in total. The predicted octanol–water partition coefficient (Wildman–Crippen LogP) is 1.43. The molecule has 0 atom stereocenters. The normalized spacial score (nSPS) is 12.3. The van der Waals surface area contributed by atoms with Gasteiger partial charge in [-0.2, -0.15) is 0 Å². The highest BCUT2D eigenvalue weighted by molar-refractivity contribution is 7.95. The van der Waals surface area contributed by atoms with E-state index in [0.29, 0.717) is 11.3 Å². The number of benzene rings is 1. The van der Waals surface area contributed by atoms with Crippen molar-refractivity contribution in [3.63, 3.8) is 0 Å². The van der Waals surface area contributed by atoms with E-state index >= 15 is 0 Å². The average Bonchev–Trinajstić information content (AvgIpc) is 2.89. The van der Waals surface area contributed by atoms with Crippen molar-refractivity contribution in [1.82, 2.24) is 0 Å². The highest BCUT2D eigenvalue weighted by Gasteiger charge is 2.23. The van der Waals surface area contributed by atoms with Gasteiger partial charge in [-0.25, -0.2) is 22.0 Å². The fourth-order valence-corrected chi connectivity index (χ4v) is 5.24. The first-order chi connectivity index (χ1) is 9.62. The van der Waals surface area contributed by atoms with Crippen LogP contribution in [0.15, 0.2) is 49.7 Å². The molecule has 6 nitrogen and oxygen atoms in total. The summed E-state index contributed by atoms with van der Waals surface area (Å²) in [5.74, 6) is -0.261. The van der Waals surface area contributed by atoms with Gasteiger partial charge in [0.1, 0.15) is 8.42 Å². The third kappa shape index (κ3) is 3.21. The maximum atomic E-state index is 12.4. The minimum Gasteiger partial charge on any atom is -0.295 e. The van der Waals surface area contributed by atoms with Gasteiger partial charge in [0, 0.05) is 5.56 Å². The van der Waals surface area contributed by atoms with Gasteiger partial charge >= 0.3 is 0 Å². The van der Waals surface area contributed by atoms with E-state index in [0.717, 1.165) is 6.07 Å². The molecule has 2 rings (SSSR count). The zero-order valence-electron chi connectivity index (χ0n) is 10.8. The predicted molar refractivity (Wildman–Crippen MR) is 77.6 cm³/mol. The Morgan fingerprint density at radius 1 is 1.05 bits per heavy atom. The van der Waals surface area contributed by atoms with Crippen LogP contribution in [0.25, 0.3) is 0 Å². The summed E-state index contributed by atoms with van der Waals surface area (Å²) in [5, 5.41) is 4.96. The van der Waals surface area contributed by atoms with Crippen molar-refractivity contribution < 1.29 is 21.6 Å². The van der Waals surface area contributed by atoms with Crippen molar-refractivity contribution in [3.8, 4) is 0 Å². The summed E-state index contributed by atoms with van der Waals surface area (Å²) in [6.45, 7) is 1.33. The number of hydrogen-bond donors (Lipinski definition) is 1. The molecule has 112 valence electrons. The molecule has 21 heavy (non-hydrogen) atoms. The molecule has 0 spiro atoms. The van der Waals surface area contributed by atoms with E-state index in [1.54, 1.807) is 0 Å². The van der Waals surface area contributed by atoms with E-state index in [4.69, 9.17) is 5.14 Å². The molecule has 0 unspecified atom stereocenters. The maximum absolute atomic E-state index is 12.4. The van der Waals surface area contributed by atoms with E-state index in [1.165, 1.54) is 37.3 Å². The van der Waals surface area contributed by atoms with Crippen molar-refractivity contribution in [3.05, 3.63) is 42.0 Å². The number of sulfone groups is 1. The molecule has 0 aliphatic carbocycles. The minimum atomic E-state index is -3.95. The van der Waals surface area contributed by atoms with Crippen LogP contribution in [0.5, 0.6) is 0 Å². The highest BCUT2D eigenvalue weighted by Crippen LogP contribution is 2.30. The summed E-state index contributed by atoms with van der Waals surface area (Å²) >= 11 is 0.570. The summed E-state index contributed by atoms with van der Waals surface area (Å²) in [7, 11) is -7.83. The largest absolute Gasteiger partial charge is 0.295 e. The Bertz CT molecular complexity index is 910. The van der Waals surface area contributed by atoms with Crippen LogP contribution in [0.1, 0.15) is 17.3 Å². The lowest BCUT2D eigenvalue weighted by atomic mass is 10.2. The van der Waals surface area contributed by atoms with E-state index in [9.17, 15) is 21.6 Å². The number of nitrogens with two attached hydrogens (primary N) is 1. The zero-order valence-corrected chi connectivity index (χ0v) is 13.3. The van der Waals surface area contributed by atoms with Crippen LogP contribution < -0.4 is 5.14 Å². The van der Waals surface area contributed by atoms with Gasteiger partial charge in [-0.3, -0.25) is 4.79 Å². The molecule has 1 aromatic heterocycles. The molecule has 0 amide bonds. The Balaban J connectivity index is 2.55. The van der Waals surface area contributed by atoms with Crippen LogP contribution in [0.2, 0.25) is 0 Å². The average molecular weight is 345 g/mol. The fraction of sp³-hybridized carbons (Fsp3) is 0.0833. The summed E-state index contributed by atoms with van der Waals surface area (Å²) in [5.41, 5.74) is 0.263. The minimum absolute atomic E-state index is 0.0713. The van der Waals surface area contributed by atoms with Crippen LogP contribution >= 0.6 is 11.3 Å². The molecule has 0 saturated heterocycles. The first-order valence-electron chi connectivity index (χ1n) is 5.61. The molecule has 0 aliphatic rings. The summed E-state index contributed by atoms with van der Waals surface area (Å²) in [4.78, 5) is 11.2. The third-order valence-corrected chi connectivity index (χ3v) is 7.42. The van der Waals surface area contributed by atoms with Crippen LogP contribution in [0.4, 0.5) is 0 Å². The SMILES string of the molecule is CC(=O)c1cccc(S(=O)(=O)c2ccc(S(N)(=O)=O)s2)c1. The number of hydrogen-bond acceptors (Lipinski definition) is 6. The number of rotatable bonds is 4. The standard InChI is InChI=1S/C12H11NO5S3/c1-8(14)9-3-2-4-10(7-9)20(15,16)11-5-6-12(19-11)21(13,17)18/h2-7H,1H3,(H2,13,17,18). The van der Waals surface area contributed by atoms with Gasteiger partial charge in [-0.05, 0) is 31.2 Å². The van der Waals surface area contributed by atoms with Crippen LogP contribution in [0.3, 0.4) is 0 Å². The van der Waals surface area contributed by atoms with Crippen LogP contribution in [-0.2, 0) is 19.9 Å². The molecule has 1 heterocycles. The Hall–Kier alpha value is -1.55. The molecule has 0 radical (unpaired) electrons. The molecule has 0 bridgehead atoms. The lowest BCUT2D eigenvalue weighted by Crippen LogP contribution is -2.09. The highest BCUT2D eigenvalue weighted by atomic mass is 32.3. The number of thiophene rings is 1. The second kappa shape index (κ2) is 5.34. The van der Waals surface area contributed by atoms with E-state index in [1.807, 2.05) is 0 Å². The molecule has 9 heteroatoms.